The Labute approximate surface area is 107 Å². The van der Waals surface area contributed by atoms with Crippen molar-refractivity contribution in [1.29, 1.82) is 0 Å². The van der Waals surface area contributed by atoms with Crippen LogP contribution >= 0.6 is 11.3 Å². The van der Waals surface area contributed by atoms with Crippen LogP contribution in [0.2, 0.25) is 0 Å². The molecule has 0 spiro atoms. The molecule has 2 heterocycles. The van der Waals surface area contributed by atoms with Gasteiger partial charge in [0.05, 0.1) is 16.7 Å². The molecule has 0 bridgehead atoms. The maximum absolute atomic E-state index is 10.6. The van der Waals surface area contributed by atoms with Crippen molar-refractivity contribution in [2.45, 2.75) is 57.7 Å². The first-order valence-corrected chi connectivity index (χ1v) is 7.24. The first kappa shape index (κ1) is 13.0. The second-order valence-electron chi connectivity index (χ2n) is 5.02. The van der Waals surface area contributed by atoms with Gasteiger partial charge in [-0.3, -0.25) is 0 Å². The van der Waals surface area contributed by atoms with Crippen molar-refractivity contribution in [2.24, 2.45) is 0 Å². The molecule has 1 aromatic rings. The van der Waals surface area contributed by atoms with Crippen LogP contribution in [0.4, 0.5) is 0 Å². The molecule has 0 aromatic carbocycles. The molecular formula is C13H21NO2S. The third-order valence-corrected chi connectivity index (χ3v) is 4.25. The number of rotatable bonds is 4. The highest BCUT2D eigenvalue weighted by atomic mass is 32.1. The Morgan fingerprint density at radius 2 is 2.47 bits per heavy atom. The van der Waals surface area contributed by atoms with Gasteiger partial charge in [0.15, 0.2) is 0 Å². The van der Waals surface area contributed by atoms with Crippen LogP contribution in [0.15, 0.2) is 5.38 Å². The minimum atomic E-state index is -0.609. The van der Waals surface area contributed by atoms with Gasteiger partial charge in [-0.05, 0) is 13.3 Å². The molecule has 1 fully saturated rings. The lowest BCUT2D eigenvalue weighted by Crippen LogP contribution is -2.42. The molecule has 0 radical (unpaired) electrons. The van der Waals surface area contributed by atoms with Gasteiger partial charge in [-0.2, -0.15) is 0 Å². The Balaban J connectivity index is 1.97. The molecule has 4 heteroatoms. The third kappa shape index (κ3) is 3.50. The van der Waals surface area contributed by atoms with E-state index in [1.54, 1.807) is 11.3 Å². The third-order valence-electron chi connectivity index (χ3n) is 3.29. The van der Waals surface area contributed by atoms with Gasteiger partial charge in [0.25, 0.3) is 0 Å². The van der Waals surface area contributed by atoms with Gasteiger partial charge >= 0.3 is 0 Å². The average molecular weight is 255 g/mol. The Morgan fingerprint density at radius 1 is 1.65 bits per heavy atom. The Morgan fingerprint density at radius 3 is 3.12 bits per heavy atom. The lowest BCUT2D eigenvalue weighted by Gasteiger charge is -2.36. The van der Waals surface area contributed by atoms with E-state index in [1.807, 2.05) is 12.3 Å². The number of thiazole rings is 1. The summed E-state index contributed by atoms with van der Waals surface area (Å²) in [5.74, 6) is 0. The van der Waals surface area contributed by atoms with E-state index in [2.05, 4.69) is 11.9 Å². The lowest BCUT2D eigenvalue weighted by atomic mass is 9.86. The topological polar surface area (TPSA) is 42.4 Å². The van der Waals surface area contributed by atoms with Gasteiger partial charge in [0, 0.05) is 36.9 Å². The Kier molecular flexibility index (Phi) is 4.17. The summed E-state index contributed by atoms with van der Waals surface area (Å²) in [7, 11) is 0. The first-order valence-electron chi connectivity index (χ1n) is 6.36. The highest BCUT2D eigenvalue weighted by Gasteiger charge is 2.35. The van der Waals surface area contributed by atoms with Crippen LogP contribution < -0.4 is 0 Å². The zero-order valence-corrected chi connectivity index (χ0v) is 11.4. The molecule has 3 nitrogen and oxygen atoms in total. The second-order valence-corrected chi connectivity index (χ2v) is 5.96. The highest BCUT2D eigenvalue weighted by Crippen LogP contribution is 2.31. The molecule has 1 N–H and O–H groups in total. The number of aromatic nitrogens is 1. The number of hydrogen-bond acceptors (Lipinski definition) is 4. The molecule has 2 atom stereocenters. The van der Waals surface area contributed by atoms with Gasteiger partial charge in [0.1, 0.15) is 0 Å². The largest absolute Gasteiger partial charge is 0.389 e. The lowest BCUT2D eigenvalue weighted by molar-refractivity contribution is -0.104. The van der Waals surface area contributed by atoms with Crippen molar-refractivity contribution >= 4 is 11.3 Å². The van der Waals surface area contributed by atoms with Crippen LogP contribution in [0.5, 0.6) is 0 Å². The van der Waals surface area contributed by atoms with Crippen molar-refractivity contribution in [2.75, 3.05) is 6.61 Å². The van der Waals surface area contributed by atoms with Crippen molar-refractivity contribution in [3.8, 4) is 0 Å². The second kappa shape index (κ2) is 5.46. The molecule has 1 saturated heterocycles. The van der Waals surface area contributed by atoms with E-state index in [4.69, 9.17) is 4.74 Å². The molecule has 0 amide bonds. The SMILES string of the molecule is CCCC1CC(O)(Cc2nc(C)cs2)CCO1. The average Bonchev–Trinajstić information content (AvgIpc) is 2.63. The normalized spacial score (nSPS) is 29.5. The summed E-state index contributed by atoms with van der Waals surface area (Å²) in [5, 5.41) is 13.7. The van der Waals surface area contributed by atoms with E-state index in [1.165, 1.54) is 0 Å². The van der Waals surface area contributed by atoms with Crippen molar-refractivity contribution in [1.82, 2.24) is 4.98 Å². The minimum Gasteiger partial charge on any atom is -0.389 e. The zero-order chi connectivity index (χ0) is 12.3. The molecule has 0 saturated carbocycles. The van der Waals surface area contributed by atoms with Gasteiger partial charge < -0.3 is 9.84 Å². The molecule has 2 rings (SSSR count). The number of hydrogen-bond donors (Lipinski definition) is 1. The summed E-state index contributed by atoms with van der Waals surface area (Å²) in [4.78, 5) is 4.44. The van der Waals surface area contributed by atoms with E-state index < -0.39 is 5.60 Å². The molecule has 1 aromatic heterocycles. The molecule has 1 aliphatic rings. The van der Waals surface area contributed by atoms with Crippen molar-refractivity contribution in [3.05, 3.63) is 16.1 Å². The molecule has 1 aliphatic heterocycles. The van der Waals surface area contributed by atoms with Crippen LogP contribution in [0, 0.1) is 6.92 Å². The molecular weight excluding hydrogens is 234 g/mol. The first-order chi connectivity index (χ1) is 8.11. The van der Waals surface area contributed by atoms with Crippen molar-refractivity contribution < 1.29 is 9.84 Å². The molecule has 2 unspecified atom stereocenters. The van der Waals surface area contributed by atoms with E-state index in [0.717, 1.165) is 36.4 Å². The zero-order valence-electron chi connectivity index (χ0n) is 10.6. The van der Waals surface area contributed by atoms with E-state index in [-0.39, 0.29) is 6.10 Å². The fourth-order valence-corrected chi connectivity index (χ4v) is 3.34. The van der Waals surface area contributed by atoms with Crippen LogP contribution in [0.3, 0.4) is 0 Å². The van der Waals surface area contributed by atoms with Gasteiger partial charge in [-0.25, -0.2) is 4.98 Å². The quantitative estimate of drug-likeness (QED) is 0.899. The predicted octanol–water partition coefficient (Wildman–Crippen LogP) is 2.70. The Bertz CT molecular complexity index is 364. The van der Waals surface area contributed by atoms with Gasteiger partial charge in [-0.15, -0.1) is 11.3 Å². The summed E-state index contributed by atoms with van der Waals surface area (Å²) in [6.45, 7) is 4.82. The van der Waals surface area contributed by atoms with Gasteiger partial charge in [-0.1, -0.05) is 13.3 Å². The van der Waals surface area contributed by atoms with E-state index >= 15 is 0 Å². The van der Waals surface area contributed by atoms with Crippen LogP contribution in [-0.2, 0) is 11.2 Å². The Hall–Kier alpha value is -0.450. The molecule has 96 valence electrons. The number of nitrogens with zero attached hydrogens (tertiary/aromatic N) is 1. The predicted molar refractivity (Wildman–Crippen MR) is 69.4 cm³/mol. The summed E-state index contributed by atoms with van der Waals surface area (Å²) >= 11 is 1.64. The van der Waals surface area contributed by atoms with Crippen LogP contribution in [0.1, 0.15) is 43.3 Å². The standard InChI is InChI=1S/C13H21NO2S/c1-3-4-11-7-13(15,5-6-16-11)8-12-14-10(2)9-17-12/h9,11,15H,3-8H2,1-2H3. The number of ether oxygens (including phenoxy) is 1. The van der Waals surface area contributed by atoms with E-state index in [9.17, 15) is 5.11 Å². The van der Waals surface area contributed by atoms with Crippen LogP contribution in [-0.4, -0.2) is 28.4 Å². The smallest absolute Gasteiger partial charge is 0.0956 e. The van der Waals surface area contributed by atoms with Gasteiger partial charge in [0.2, 0.25) is 0 Å². The minimum absolute atomic E-state index is 0.222. The number of aliphatic hydroxyl groups is 1. The number of aryl methyl sites for hydroxylation is 1. The van der Waals surface area contributed by atoms with E-state index in [0.29, 0.717) is 13.0 Å². The summed E-state index contributed by atoms with van der Waals surface area (Å²) < 4.78 is 5.68. The maximum Gasteiger partial charge on any atom is 0.0956 e. The fourth-order valence-electron chi connectivity index (χ4n) is 2.43. The monoisotopic (exact) mass is 255 g/mol. The van der Waals surface area contributed by atoms with Crippen molar-refractivity contribution in [3.63, 3.8) is 0 Å². The summed E-state index contributed by atoms with van der Waals surface area (Å²) in [6.07, 6.45) is 4.52. The highest BCUT2D eigenvalue weighted by molar-refractivity contribution is 7.09. The fraction of sp³-hybridized carbons (Fsp3) is 0.769. The summed E-state index contributed by atoms with van der Waals surface area (Å²) in [5.41, 5.74) is 0.438. The molecule has 0 aliphatic carbocycles. The molecule has 17 heavy (non-hydrogen) atoms. The maximum atomic E-state index is 10.6. The van der Waals surface area contributed by atoms with Crippen LogP contribution in [0.25, 0.3) is 0 Å². The summed E-state index contributed by atoms with van der Waals surface area (Å²) in [6, 6.07) is 0.